The van der Waals surface area contributed by atoms with E-state index in [1.165, 1.54) is 4.57 Å². The number of nitrogens with one attached hydrogen (secondary N) is 1. The summed E-state index contributed by atoms with van der Waals surface area (Å²) in [6.45, 7) is 0.359. The van der Waals surface area contributed by atoms with Crippen molar-refractivity contribution in [2.45, 2.75) is 13.0 Å². The van der Waals surface area contributed by atoms with Gasteiger partial charge in [0, 0.05) is 6.54 Å². The first-order chi connectivity index (χ1) is 9.46. The van der Waals surface area contributed by atoms with Crippen molar-refractivity contribution in [3.05, 3.63) is 39.4 Å². The maximum atomic E-state index is 12.4. The molecule has 0 radical (unpaired) electrons. The lowest BCUT2D eigenvalue weighted by Crippen LogP contribution is -2.26. The Morgan fingerprint density at radius 1 is 1.35 bits per heavy atom. The molecule has 1 aliphatic heterocycles. The average Bonchev–Trinajstić information content (AvgIpc) is 2.74. The summed E-state index contributed by atoms with van der Waals surface area (Å²) >= 11 is 5.22. The second kappa shape index (κ2) is 4.82. The fourth-order valence-electron chi connectivity index (χ4n) is 2.64. The van der Waals surface area contributed by atoms with Gasteiger partial charge in [-0.3, -0.25) is 9.36 Å². The number of rotatable bonds is 2. The highest BCUT2D eigenvalue weighted by molar-refractivity contribution is 7.91. The van der Waals surface area contributed by atoms with E-state index in [4.69, 9.17) is 12.2 Å². The molecule has 2 aromatic rings. The molecule has 0 saturated carbocycles. The number of para-hydroxylation sites is 1. The lowest BCUT2D eigenvalue weighted by atomic mass is 10.1. The van der Waals surface area contributed by atoms with Crippen molar-refractivity contribution in [1.29, 1.82) is 0 Å². The van der Waals surface area contributed by atoms with E-state index >= 15 is 0 Å². The van der Waals surface area contributed by atoms with Crippen molar-refractivity contribution in [3.63, 3.8) is 0 Å². The van der Waals surface area contributed by atoms with E-state index < -0.39 is 9.84 Å². The Labute approximate surface area is 121 Å². The van der Waals surface area contributed by atoms with Crippen molar-refractivity contribution in [2.75, 3.05) is 11.5 Å². The number of aromatic amines is 1. The largest absolute Gasteiger partial charge is 0.332 e. The molecule has 1 unspecified atom stereocenters. The second-order valence-electron chi connectivity index (χ2n) is 5.16. The van der Waals surface area contributed by atoms with Gasteiger partial charge in [-0.2, -0.15) is 0 Å². The molecular weight excluding hydrogens is 296 g/mol. The third-order valence-electron chi connectivity index (χ3n) is 3.66. The molecule has 0 amide bonds. The van der Waals surface area contributed by atoms with E-state index in [9.17, 15) is 13.2 Å². The maximum Gasteiger partial charge on any atom is 0.262 e. The van der Waals surface area contributed by atoms with Gasteiger partial charge in [-0.1, -0.05) is 12.1 Å². The molecule has 2 heterocycles. The van der Waals surface area contributed by atoms with Gasteiger partial charge in [0.05, 0.1) is 22.4 Å². The summed E-state index contributed by atoms with van der Waals surface area (Å²) in [5.41, 5.74) is 0.548. The lowest BCUT2D eigenvalue weighted by molar-refractivity contribution is 0.475. The number of hydrogen-bond acceptors (Lipinski definition) is 4. The minimum atomic E-state index is -2.94. The standard InChI is InChI=1S/C13H14N2O3S2/c16-12-10-3-1-2-4-11(10)14-13(19)15(12)7-9-5-6-20(17,18)8-9/h1-4,9H,5-8H2,(H,14,19). The predicted octanol–water partition coefficient (Wildman–Crippen LogP) is 1.49. The van der Waals surface area contributed by atoms with E-state index in [-0.39, 0.29) is 23.0 Å². The van der Waals surface area contributed by atoms with Crippen LogP contribution in [0.15, 0.2) is 29.1 Å². The average molecular weight is 310 g/mol. The topological polar surface area (TPSA) is 71.9 Å². The van der Waals surface area contributed by atoms with Gasteiger partial charge in [0.25, 0.3) is 5.56 Å². The zero-order chi connectivity index (χ0) is 14.3. The van der Waals surface area contributed by atoms with Crippen LogP contribution in [0.1, 0.15) is 6.42 Å². The summed E-state index contributed by atoms with van der Waals surface area (Å²) < 4.78 is 24.8. The highest BCUT2D eigenvalue weighted by Crippen LogP contribution is 2.20. The summed E-state index contributed by atoms with van der Waals surface area (Å²) in [5.74, 6) is 0.311. The molecule has 1 saturated heterocycles. The first kappa shape index (κ1) is 13.5. The Bertz CT molecular complexity index is 880. The van der Waals surface area contributed by atoms with E-state index in [1.807, 2.05) is 6.07 Å². The monoisotopic (exact) mass is 310 g/mol. The molecule has 0 bridgehead atoms. The maximum absolute atomic E-state index is 12.4. The molecule has 1 aromatic heterocycles. The van der Waals surface area contributed by atoms with Crippen LogP contribution in [-0.4, -0.2) is 29.5 Å². The Kier molecular flexibility index (Phi) is 3.25. The number of H-pyrrole nitrogens is 1. The Morgan fingerprint density at radius 3 is 2.80 bits per heavy atom. The molecule has 1 fully saturated rings. The number of aromatic nitrogens is 2. The van der Waals surface area contributed by atoms with Crippen LogP contribution in [0.25, 0.3) is 10.9 Å². The number of nitrogens with zero attached hydrogens (tertiary/aromatic N) is 1. The van der Waals surface area contributed by atoms with Crippen molar-refractivity contribution in [3.8, 4) is 0 Å². The number of fused-ring (bicyclic) bond motifs is 1. The third-order valence-corrected chi connectivity index (χ3v) is 5.82. The van der Waals surface area contributed by atoms with Crippen molar-refractivity contribution >= 4 is 33.0 Å². The van der Waals surface area contributed by atoms with Gasteiger partial charge in [-0.15, -0.1) is 0 Å². The van der Waals surface area contributed by atoms with Crippen LogP contribution in [-0.2, 0) is 16.4 Å². The summed E-state index contributed by atoms with van der Waals surface area (Å²) in [6, 6.07) is 7.17. The summed E-state index contributed by atoms with van der Waals surface area (Å²) in [4.78, 5) is 15.4. The van der Waals surface area contributed by atoms with Gasteiger partial charge in [0.1, 0.15) is 0 Å². The van der Waals surface area contributed by atoms with Gasteiger partial charge < -0.3 is 4.98 Å². The van der Waals surface area contributed by atoms with Gasteiger partial charge in [-0.25, -0.2) is 8.42 Å². The number of benzene rings is 1. The molecule has 106 valence electrons. The lowest BCUT2D eigenvalue weighted by Gasteiger charge is -2.11. The van der Waals surface area contributed by atoms with Crippen molar-refractivity contribution < 1.29 is 8.42 Å². The van der Waals surface area contributed by atoms with E-state index in [2.05, 4.69) is 4.98 Å². The van der Waals surface area contributed by atoms with Gasteiger partial charge in [0.15, 0.2) is 14.6 Å². The first-order valence-corrected chi connectivity index (χ1v) is 8.61. The Morgan fingerprint density at radius 2 is 2.10 bits per heavy atom. The van der Waals surface area contributed by atoms with E-state index in [1.54, 1.807) is 18.2 Å². The van der Waals surface area contributed by atoms with Crippen LogP contribution in [0.4, 0.5) is 0 Å². The highest BCUT2D eigenvalue weighted by atomic mass is 32.2. The first-order valence-electron chi connectivity index (χ1n) is 6.38. The van der Waals surface area contributed by atoms with Crippen LogP contribution >= 0.6 is 12.2 Å². The minimum Gasteiger partial charge on any atom is -0.332 e. The summed E-state index contributed by atoms with van der Waals surface area (Å²) in [5, 5.41) is 0.571. The fraction of sp³-hybridized carbons (Fsp3) is 0.385. The fourth-order valence-corrected chi connectivity index (χ4v) is 4.76. The van der Waals surface area contributed by atoms with Gasteiger partial charge >= 0.3 is 0 Å². The van der Waals surface area contributed by atoms with Crippen molar-refractivity contribution in [1.82, 2.24) is 9.55 Å². The number of hydrogen-bond donors (Lipinski definition) is 1. The molecule has 0 spiro atoms. The van der Waals surface area contributed by atoms with Crippen LogP contribution in [0.5, 0.6) is 0 Å². The molecule has 20 heavy (non-hydrogen) atoms. The molecule has 3 rings (SSSR count). The second-order valence-corrected chi connectivity index (χ2v) is 7.78. The normalized spacial score (nSPS) is 21.3. The zero-order valence-electron chi connectivity index (χ0n) is 10.7. The van der Waals surface area contributed by atoms with Crippen LogP contribution in [0, 0.1) is 10.7 Å². The SMILES string of the molecule is O=c1c2ccccc2[nH]c(=S)n1CC1CCS(=O)(=O)C1. The highest BCUT2D eigenvalue weighted by Gasteiger charge is 2.28. The van der Waals surface area contributed by atoms with Crippen LogP contribution in [0.3, 0.4) is 0 Å². The molecule has 1 atom stereocenters. The molecule has 0 aliphatic carbocycles. The van der Waals surface area contributed by atoms with Gasteiger partial charge in [0.2, 0.25) is 0 Å². The molecule has 1 aliphatic rings. The smallest absolute Gasteiger partial charge is 0.262 e. The molecule has 1 N–H and O–H groups in total. The third kappa shape index (κ3) is 2.43. The zero-order valence-corrected chi connectivity index (χ0v) is 12.3. The molecule has 5 nitrogen and oxygen atoms in total. The number of sulfone groups is 1. The van der Waals surface area contributed by atoms with Crippen LogP contribution < -0.4 is 5.56 Å². The Hall–Kier alpha value is -1.47. The van der Waals surface area contributed by atoms with E-state index in [0.717, 1.165) is 0 Å². The minimum absolute atomic E-state index is 0.0334. The predicted molar refractivity (Wildman–Crippen MR) is 80.2 cm³/mol. The molecule has 1 aromatic carbocycles. The summed E-state index contributed by atoms with van der Waals surface area (Å²) in [6.07, 6.45) is 0.594. The molecule has 7 heteroatoms. The molecular formula is C13H14N2O3S2. The quantitative estimate of drug-likeness (QED) is 0.853. The van der Waals surface area contributed by atoms with Gasteiger partial charge in [-0.05, 0) is 36.7 Å². The Balaban J connectivity index is 2.04. The van der Waals surface area contributed by atoms with Crippen LogP contribution in [0.2, 0.25) is 0 Å². The summed E-state index contributed by atoms with van der Waals surface area (Å²) in [7, 11) is -2.94. The van der Waals surface area contributed by atoms with E-state index in [0.29, 0.717) is 28.6 Å². The van der Waals surface area contributed by atoms with Crippen molar-refractivity contribution in [2.24, 2.45) is 5.92 Å².